The zero-order chi connectivity index (χ0) is 24.8. The van der Waals surface area contributed by atoms with Gasteiger partial charge in [0.2, 0.25) is 17.7 Å². The predicted octanol–water partition coefficient (Wildman–Crippen LogP) is 2.32. The second kappa shape index (κ2) is 10.8. The molecule has 2 N–H and O–H groups in total. The summed E-state index contributed by atoms with van der Waals surface area (Å²) in [5.74, 6) is -1.42. The van der Waals surface area contributed by atoms with Crippen LogP contribution >= 0.6 is 0 Å². The second-order valence-corrected chi connectivity index (χ2v) is 8.67. The van der Waals surface area contributed by atoms with Crippen molar-refractivity contribution in [2.24, 2.45) is 11.8 Å². The fraction of sp³-hybridized carbons (Fsp3) is 0.346. The third-order valence-electron chi connectivity index (χ3n) is 6.41. The lowest BCUT2D eigenvalue weighted by molar-refractivity contribution is -0.140. The van der Waals surface area contributed by atoms with Gasteiger partial charge in [0.05, 0.1) is 23.5 Å². The molecule has 0 bridgehead atoms. The quantitative estimate of drug-likeness (QED) is 0.468. The molecule has 1 aliphatic carbocycles. The van der Waals surface area contributed by atoms with Crippen molar-refractivity contribution in [1.29, 1.82) is 5.26 Å². The average Bonchev–Trinajstić information content (AvgIpc) is 3.14. The summed E-state index contributed by atoms with van der Waals surface area (Å²) in [7, 11) is 0. The standard InChI is InChI=1S/C26H26N4O5/c27-15-17-5-7-18(8-6-17)19-9-11-20(12-10-19)35-16-24(32)29-28-23(31)13-14-30-25(33)21-3-1-2-4-22(21)26(30)34/h5-12,21-22H,1-4,13-14,16H2,(H,28,31)(H,29,32)/t21-,22-/m0/s1. The van der Waals surface area contributed by atoms with E-state index in [0.29, 0.717) is 11.3 Å². The van der Waals surface area contributed by atoms with E-state index in [-0.39, 0.29) is 43.2 Å². The topological polar surface area (TPSA) is 129 Å². The van der Waals surface area contributed by atoms with Crippen molar-refractivity contribution in [2.75, 3.05) is 13.2 Å². The van der Waals surface area contributed by atoms with E-state index in [4.69, 9.17) is 10.00 Å². The van der Waals surface area contributed by atoms with Gasteiger partial charge >= 0.3 is 0 Å². The lowest BCUT2D eigenvalue weighted by Gasteiger charge is -2.19. The number of nitrogens with one attached hydrogen (secondary N) is 2. The number of amides is 4. The van der Waals surface area contributed by atoms with Crippen molar-refractivity contribution < 1.29 is 23.9 Å². The first-order valence-corrected chi connectivity index (χ1v) is 11.6. The maximum Gasteiger partial charge on any atom is 0.276 e. The van der Waals surface area contributed by atoms with Crippen LogP contribution in [0.4, 0.5) is 0 Å². The number of imide groups is 1. The minimum atomic E-state index is -0.547. The van der Waals surface area contributed by atoms with Crippen molar-refractivity contribution in [3.8, 4) is 22.9 Å². The van der Waals surface area contributed by atoms with E-state index >= 15 is 0 Å². The minimum absolute atomic E-state index is 0.00839. The van der Waals surface area contributed by atoms with E-state index < -0.39 is 11.8 Å². The van der Waals surface area contributed by atoms with Crippen LogP contribution in [0.2, 0.25) is 0 Å². The zero-order valence-corrected chi connectivity index (χ0v) is 19.2. The number of carbonyl (C=O) groups excluding carboxylic acids is 4. The number of benzene rings is 2. The zero-order valence-electron chi connectivity index (χ0n) is 19.2. The molecule has 2 atom stereocenters. The van der Waals surface area contributed by atoms with Crippen LogP contribution in [-0.4, -0.2) is 41.7 Å². The van der Waals surface area contributed by atoms with E-state index in [1.807, 2.05) is 24.3 Å². The molecule has 2 aromatic rings. The molecule has 9 heteroatoms. The van der Waals surface area contributed by atoms with E-state index in [1.54, 1.807) is 24.3 Å². The molecule has 4 amide bonds. The molecular formula is C26H26N4O5. The van der Waals surface area contributed by atoms with Crippen LogP contribution in [0.25, 0.3) is 11.1 Å². The maximum absolute atomic E-state index is 12.5. The van der Waals surface area contributed by atoms with Crippen LogP contribution < -0.4 is 15.6 Å². The third-order valence-corrected chi connectivity index (χ3v) is 6.41. The van der Waals surface area contributed by atoms with Gasteiger partial charge in [0, 0.05) is 13.0 Å². The number of likely N-dealkylation sites (tertiary alicyclic amines) is 1. The van der Waals surface area contributed by atoms with Gasteiger partial charge in [-0.25, -0.2) is 0 Å². The molecule has 2 fully saturated rings. The lowest BCUT2D eigenvalue weighted by atomic mass is 9.81. The molecule has 1 saturated heterocycles. The predicted molar refractivity (Wildman–Crippen MR) is 125 cm³/mol. The van der Waals surface area contributed by atoms with Gasteiger partial charge in [-0.05, 0) is 48.2 Å². The first kappa shape index (κ1) is 24.0. The molecular weight excluding hydrogens is 448 g/mol. The molecule has 0 radical (unpaired) electrons. The number of hydrogen-bond acceptors (Lipinski definition) is 6. The highest BCUT2D eigenvalue weighted by Crippen LogP contribution is 2.37. The van der Waals surface area contributed by atoms with Crippen LogP contribution in [0.15, 0.2) is 48.5 Å². The number of hydrogen-bond donors (Lipinski definition) is 2. The summed E-state index contributed by atoms with van der Waals surface area (Å²) in [6, 6.07) is 16.4. The van der Waals surface area contributed by atoms with Crippen molar-refractivity contribution in [2.45, 2.75) is 32.1 Å². The first-order chi connectivity index (χ1) is 17.0. The summed E-state index contributed by atoms with van der Waals surface area (Å²) in [5, 5.41) is 8.89. The molecule has 35 heavy (non-hydrogen) atoms. The highest BCUT2D eigenvalue weighted by molar-refractivity contribution is 6.05. The normalized spacial score (nSPS) is 19.0. The Bertz CT molecular complexity index is 1130. The molecule has 0 unspecified atom stereocenters. The number of rotatable bonds is 7. The molecule has 180 valence electrons. The number of hydrazine groups is 1. The number of nitrogens with zero attached hydrogens (tertiary/aromatic N) is 2. The van der Waals surface area contributed by atoms with Crippen molar-refractivity contribution in [1.82, 2.24) is 15.8 Å². The molecule has 0 aromatic heterocycles. The molecule has 4 rings (SSSR count). The Labute approximate surface area is 203 Å². The Balaban J connectivity index is 1.17. The van der Waals surface area contributed by atoms with Crippen molar-refractivity contribution >= 4 is 23.6 Å². The van der Waals surface area contributed by atoms with Crippen LogP contribution in [0, 0.1) is 23.2 Å². The molecule has 2 aliphatic rings. The Morgan fingerprint density at radius 2 is 1.43 bits per heavy atom. The average molecular weight is 475 g/mol. The van der Waals surface area contributed by atoms with E-state index in [9.17, 15) is 19.2 Å². The smallest absolute Gasteiger partial charge is 0.276 e. The van der Waals surface area contributed by atoms with Crippen LogP contribution in [0.3, 0.4) is 0 Å². The van der Waals surface area contributed by atoms with Gasteiger partial charge < -0.3 is 4.74 Å². The Morgan fingerprint density at radius 3 is 2.00 bits per heavy atom. The summed E-state index contributed by atoms with van der Waals surface area (Å²) >= 11 is 0. The Morgan fingerprint density at radius 1 is 0.886 bits per heavy atom. The minimum Gasteiger partial charge on any atom is -0.484 e. The second-order valence-electron chi connectivity index (χ2n) is 8.67. The van der Waals surface area contributed by atoms with Crippen LogP contribution in [0.5, 0.6) is 5.75 Å². The molecule has 1 saturated carbocycles. The van der Waals surface area contributed by atoms with Crippen molar-refractivity contribution in [3.63, 3.8) is 0 Å². The fourth-order valence-corrected chi connectivity index (χ4v) is 4.53. The van der Waals surface area contributed by atoms with Gasteiger partial charge in [0.15, 0.2) is 6.61 Å². The largest absolute Gasteiger partial charge is 0.484 e. The number of fused-ring (bicyclic) bond motifs is 1. The number of nitriles is 1. The lowest BCUT2D eigenvalue weighted by Crippen LogP contribution is -2.45. The van der Waals surface area contributed by atoms with Crippen LogP contribution in [0.1, 0.15) is 37.7 Å². The Kier molecular flexibility index (Phi) is 7.41. The van der Waals surface area contributed by atoms with Crippen molar-refractivity contribution in [3.05, 3.63) is 54.1 Å². The third kappa shape index (κ3) is 5.66. The summed E-state index contributed by atoms with van der Waals surface area (Å²) in [6.45, 7) is -0.294. The van der Waals surface area contributed by atoms with E-state index in [2.05, 4.69) is 16.9 Å². The number of ether oxygens (including phenoxy) is 1. The van der Waals surface area contributed by atoms with Gasteiger partial charge in [-0.15, -0.1) is 0 Å². The molecule has 1 aliphatic heterocycles. The van der Waals surface area contributed by atoms with E-state index in [1.165, 1.54) is 4.90 Å². The van der Waals surface area contributed by atoms with Gasteiger partial charge in [-0.1, -0.05) is 37.1 Å². The van der Waals surface area contributed by atoms with Gasteiger partial charge in [-0.2, -0.15) is 5.26 Å². The van der Waals surface area contributed by atoms with Gasteiger partial charge in [-0.3, -0.25) is 34.9 Å². The Hall–Kier alpha value is -4.19. The molecule has 0 spiro atoms. The van der Waals surface area contributed by atoms with Crippen LogP contribution in [-0.2, 0) is 19.2 Å². The highest BCUT2D eigenvalue weighted by atomic mass is 16.5. The fourth-order valence-electron chi connectivity index (χ4n) is 4.53. The summed E-state index contributed by atoms with van der Waals surface area (Å²) in [6.07, 6.45) is 3.26. The number of carbonyl (C=O) groups is 4. The SMILES string of the molecule is N#Cc1ccc(-c2ccc(OCC(=O)NNC(=O)CCN3C(=O)[C@H]4CCCC[C@@H]4C3=O)cc2)cc1. The van der Waals surface area contributed by atoms with Gasteiger partial charge in [0.1, 0.15) is 5.75 Å². The summed E-state index contributed by atoms with van der Waals surface area (Å²) in [4.78, 5) is 50.2. The molecule has 2 aromatic carbocycles. The molecule has 1 heterocycles. The monoisotopic (exact) mass is 474 g/mol. The highest BCUT2D eigenvalue weighted by Gasteiger charge is 2.47. The maximum atomic E-state index is 12.5. The van der Waals surface area contributed by atoms with Gasteiger partial charge in [0.25, 0.3) is 5.91 Å². The first-order valence-electron chi connectivity index (χ1n) is 11.6. The van der Waals surface area contributed by atoms with E-state index in [0.717, 1.165) is 36.8 Å². The summed E-state index contributed by atoms with van der Waals surface area (Å²) in [5.41, 5.74) is 7.03. The molecule has 9 nitrogen and oxygen atoms in total. The summed E-state index contributed by atoms with van der Waals surface area (Å²) < 4.78 is 5.45.